The average Bonchev–Trinajstić information content (AvgIpc) is 2.86. The number of hydrogen-bond acceptors (Lipinski definition) is 5. The molecule has 2 heterocycles. The lowest BCUT2D eigenvalue weighted by atomic mass is 10.3. The summed E-state index contributed by atoms with van der Waals surface area (Å²) in [6.07, 6.45) is 0.294. The molecule has 2 rings (SSSR count). The van der Waals surface area contributed by atoms with Gasteiger partial charge in [0.05, 0.1) is 36.4 Å². The van der Waals surface area contributed by atoms with Crippen molar-refractivity contribution in [3.63, 3.8) is 0 Å². The summed E-state index contributed by atoms with van der Waals surface area (Å²) in [6.45, 7) is 4.46. The summed E-state index contributed by atoms with van der Waals surface area (Å²) in [7, 11) is 0. The maximum atomic E-state index is 12.4. The summed E-state index contributed by atoms with van der Waals surface area (Å²) in [4.78, 5) is 16.5. The standard InChI is InChI=1S/C15H16ClN5O2/c1-3-23-13-6-5-11(16)14(19-13)15(22)18-12-9-10(2)20-21(12)8-4-7-17/h5-6,9H,3-4,8H2,1-2H3,(H,18,22). The van der Waals surface area contributed by atoms with E-state index in [1.165, 1.54) is 0 Å². The van der Waals surface area contributed by atoms with Gasteiger partial charge in [0.1, 0.15) is 5.82 Å². The molecule has 0 aliphatic carbocycles. The molecule has 1 amide bonds. The van der Waals surface area contributed by atoms with E-state index >= 15 is 0 Å². The van der Waals surface area contributed by atoms with E-state index in [0.717, 1.165) is 5.69 Å². The number of nitrogens with one attached hydrogen (secondary N) is 1. The minimum absolute atomic E-state index is 0.0725. The Hall–Kier alpha value is -2.59. The van der Waals surface area contributed by atoms with Crippen LogP contribution in [0.15, 0.2) is 18.2 Å². The minimum atomic E-state index is -0.463. The number of carbonyl (C=O) groups is 1. The van der Waals surface area contributed by atoms with Crippen molar-refractivity contribution in [2.45, 2.75) is 26.8 Å². The van der Waals surface area contributed by atoms with Crippen LogP contribution < -0.4 is 10.1 Å². The molecule has 120 valence electrons. The maximum Gasteiger partial charge on any atom is 0.277 e. The van der Waals surface area contributed by atoms with Gasteiger partial charge < -0.3 is 10.1 Å². The van der Waals surface area contributed by atoms with Gasteiger partial charge in [0.25, 0.3) is 5.91 Å². The van der Waals surface area contributed by atoms with Crippen molar-refractivity contribution in [2.75, 3.05) is 11.9 Å². The van der Waals surface area contributed by atoms with Crippen LogP contribution in [-0.2, 0) is 6.54 Å². The number of pyridine rings is 1. The second kappa shape index (κ2) is 7.61. The highest BCUT2D eigenvalue weighted by Gasteiger charge is 2.16. The van der Waals surface area contributed by atoms with Gasteiger partial charge in [-0.3, -0.25) is 4.79 Å². The number of aromatic nitrogens is 3. The quantitative estimate of drug-likeness (QED) is 0.877. The predicted molar refractivity (Wildman–Crippen MR) is 85.6 cm³/mol. The van der Waals surface area contributed by atoms with Crippen LogP contribution in [0.2, 0.25) is 5.02 Å². The second-order valence-corrected chi connectivity index (χ2v) is 5.08. The van der Waals surface area contributed by atoms with E-state index in [2.05, 4.69) is 15.4 Å². The molecular formula is C15H16ClN5O2. The van der Waals surface area contributed by atoms with E-state index < -0.39 is 5.91 Å². The van der Waals surface area contributed by atoms with Gasteiger partial charge >= 0.3 is 0 Å². The minimum Gasteiger partial charge on any atom is -0.478 e. The van der Waals surface area contributed by atoms with Crippen LogP contribution in [0.25, 0.3) is 0 Å². The van der Waals surface area contributed by atoms with Crippen LogP contribution in [0.3, 0.4) is 0 Å². The van der Waals surface area contributed by atoms with Crippen molar-refractivity contribution in [1.82, 2.24) is 14.8 Å². The van der Waals surface area contributed by atoms with Gasteiger partial charge in [0, 0.05) is 12.1 Å². The van der Waals surface area contributed by atoms with E-state index in [0.29, 0.717) is 31.3 Å². The Morgan fingerprint density at radius 1 is 1.52 bits per heavy atom. The molecule has 0 aliphatic heterocycles. The van der Waals surface area contributed by atoms with Gasteiger partial charge in [0.15, 0.2) is 5.69 Å². The molecule has 0 radical (unpaired) electrons. The van der Waals surface area contributed by atoms with Crippen LogP contribution in [0, 0.1) is 18.3 Å². The molecule has 0 bridgehead atoms. The molecule has 8 heteroatoms. The van der Waals surface area contributed by atoms with E-state index in [-0.39, 0.29) is 10.7 Å². The highest BCUT2D eigenvalue weighted by molar-refractivity contribution is 6.34. The summed E-state index contributed by atoms with van der Waals surface area (Å²) in [5.41, 5.74) is 0.809. The molecular weight excluding hydrogens is 318 g/mol. The fraction of sp³-hybridized carbons (Fsp3) is 0.333. The van der Waals surface area contributed by atoms with Gasteiger partial charge in [-0.25, -0.2) is 9.67 Å². The van der Waals surface area contributed by atoms with Gasteiger partial charge in [0.2, 0.25) is 5.88 Å². The average molecular weight is 334 g/mol. The summed E-state index contributed by atoms with van der Waals surface area (Å²) in [6, 6.07) is 6.93. The van der Waals surface area contributed by atoms with Gasteiger partial charge in [-0.15, -0.1) is 0 Å². The Labute approximate surface area is 138 Å². The zero-order chi connectivity index (χ0) is 16.8. The van der Waals surface area contributed by atoms with Gasteiger partial charge in [-0.05, 0) is 19.9 Å². The van der Waals surface area contributed by atoms with Crippen molar-refractivity contribution in [3.05, 3.63) is 34.6 Å². The zero-order valence-corrected chi connectivity index (χ0v) is 13.6. The number of carbonyl (C=O) groups excluding carboxylic acids is 1. The highest BCUT2D eigenvalue weighted by Crippen LogP contribution is 2.20. The molecule has 0 atom stereocenters. The predicted octanol–water partition coefficient (Wildman–Crippen LogP) is 2.80. The fourth-order valence-corrected chi connectivity index (χ4v) is 2.15. The number of aryl methyl sites for hydroxylation is 2. The van der Waals surface area contributed by atoms with Crippen LogP contribution in [0.4, 0.5) is 5.82 Å². The number of ether oxygens (including phenoxy) is 1. The van der Waals surface area contributed by atoms with Gasteiger partial charge in [-0.1, -0.05) is 11.6 Å². The van der Waals surface area contributed by atoms with E-state index in [9.17, 15) is 4.79 Å². The first-order valence-corrected chi connectivity index (χ1v) is 7.45. The Morgan fingerprint density at radius 3 is 3.00 bits per heavy atom. The number of nitriles is 1. The number of hydrogen-bond donors (Lipinski definition) is 1. The topological polar surface area (TPSA) is 92.8 Å². The molecule has 2 aromatic rings. The first-order chi connectivity index (χ1) is 11.0. The smallest absolute Gasteiger partial charge is 0.277 e. The number of nitrogens with zero attached hydrogens (tertiary/aromatic N) is 4. The third-order valence-electron chi connectivity index (χ3n) is 2.91. The number of halogens is 1. The van der Waals surface area contributed by atoms with Crippen LogP contribution >= 0.6 is 11.6 Å². The SMILES string of the molecule is CCOc1ccc(Cl)c(C(=O)Nc2cc(C)nn2CCC#N)n1. The summed E-state index contributed by atoms with van der Waals surface area (Å²) >= 11 is 6.04. The zero-order valence-electron chi connectivity index (χ0n) is 12.8. The maximum absolute atomic E-state index is 12.4. The van der Waals surface area contributed by atoms with Crippen LogP contribution in [0.1, 0.15) is 29.5 Å². The molecule has 0 saturated carbocycles. The Kier molecular flexibility index (Phi) is 5.55. The van der Waals surface area contributed by atoms with Crippen molar-refractivity contribution < 1.29 is 9.53 Å². The normalized spacial score (nSPS) is 10.2. The first kappa shape index (κ1) is 16.8. The van der Waals surface area contributed by atoms with E-state index in [4.69, 9.17) is 21.6 Å². The lowest BCUT2D eigenvalue weighted by Crippen LogP contribution is -2.18. The van der Waals surface area contributed by atoms with E-state index in [1.807, 2.05) is 13.0 Å². The summed E-state index contributed by atoms with van der Waals surface area (Å²) in [5.74, 6) is 0.355. The molecule has 0 saturated heterocycles. The molecule has 7 nitrogen and oxygen atoms in total. The largest absolute Gasteiger partial charge is 0.478 e. The van der Waals surface area contributed by atoms with E-state index in [1.54, 1.807) is 29.8 Å². The molecule has 23 heavy (non-hydrogen) atoms. The van der Waals surface area contributed by atoms with Crippen molar-refractivity contribution >= 4 is 23.3 Å². The number of anilines is 1. The molecule has 1 N–H and O–H groups in total. The third kappa shape index (κ3) is 4.20. The summed E-state index contributed by atoms with van der Waals surface area (Å²) < 4.78 is 6.85. The van der Waals surface area contributed by atoms with Crippen molar-refractivity contribution in [1.29, 1.82) is 5.26 Å². The number of rotatable bonds is 6. The Morgan fingerprint density at radius 2 is 2.30 bits per heavy atom. The van der Waals surface area contributed by atoms with Crippen molar-refractivity contribution in [2.24, 2.45) is 0 Å². The first-order valence-electron chi connectivity index (χ1n) is 7.07. The van der Waals surface area contributed by atoms with Crippen LogP contribution in [-0.4, -0.2) is 27.3 Å². The Balaban J connectivity index is 2.22. The Bertz CT molecular complexity index is 751. The third-order valence-corrected chi connectivity index (χ3v) is 3.21. The molecule has 0 spiro atoms. The molecule has 2 aromatic heterocycles. The second-order valence-electron chi connectivity index (χ2n) is 4.67. The molecule has 0 aromatic carbocycles. The lowest BCUT2D eigenvalue weighted by molar-refractivity contribution is 0.102. The van der Waals surface area contributed by atoms with Gasteiger partial charge in [-0.2, -0.15) is 10.4 Å². The lowest BCUT2D eigenvalue weighted by Gasteiger charge is -2.09. The van der Waals surface area contributed by atoms with Crippen molar-refractivity contribution in [3.8, 4) is 11.9 Å². The molecule has 0 aliphatic rings. The highest BCUT2D eigenvalue weighted by atomic mass is 35.5. The summed E-state index contributed by atoms with van der Waals surface area (Å²) in [5, 5.41) is 15.9. The molecule has 0 unspecified atom stereocenters. The van der Waals surface area contributed by atoms with Crippen LogP contribution in [0.5, 0.6) is 5.88 Å². The monoisotopic (exact) mass is 333 g/mol. The number of amides is 1. The molecule has 0 fully saturated rings. The fourth-order valence-electron chi connectivity index (χ4n) is 1.96.